The van der Waals surface area contributed by atoms with Gasteiger partial charge in [0.05, 0.1) is 0 Å². The molecule has 0 aromatic heterocycles. The maximum Gasteiger partial charge on any atom is 0.115 e. The van der Waals surface area contributed by atoms with Crippen molar-refractivity contribution in [3.8, 4) is 5.75 Å². The molecule has 1 aliphatic heterocycles. The SMILES string of the molecule is CC(C)(CC1CNCC(C(C)(C)C)C1)c1ccc(O)cc1. The molecule has 1 saturated heterocycles. The van der Waals surface area contributed by atoms with Crippen LogP contribution in [0, 0.1) is 17.3 Å². The molecule has 0 bridgehead atoms. The molecule has 2 rings (SSSR count). The summed E-state index contributed by atoms with van der Waals surface area (Å²) in [6, 6.07) is 7.72. The zero-order chi connectivity index (χ0) is 15.7. The first-order chi connectivity index (χ1) is 9.68. The van der Waals surface area contributed by atoms with Crippen LogP contribution in [0.5, 0.6) is 5.75 Å². The Labute approximate surface area is 130 Å². The first-order valence-electron chi connectivity index (χ1n) is 8.19. The molecule has 2 unspecified atom stereocenters. The summed E-state index contributed by atoms with van der Waals surface area (Å²) in [7, 11) is 0. The topological polar surface area (TPSA) is 32.3 Å². The van der Waals surface area contributed by atoms with Gasteiger partial charge in [-0.1, -0.05) is 46.8 Å². The van der Waals surface area contributed by atoms with Crippen LogP contribution < -0.4 is 5.32 Å². The highest BCUT2D eigenvalue weighted by atomic mass is 16.3. The summed E-state index contributed by atoms with van der Waals surface area (Å²) in [5.74, 6) is 1.83. The molecule has 1 aromatic rings. The van der Waals surface area contributed by atoms with Crippen LogP contribution >= 0.6 is 0 Å². The molecule has 21 heavy (non-hydrogen) atoms. The van der Waals surface area contributed by atoms with Crippen LogP contribution in [0.1, 0.15) is 53.0 Å². The molecule has 0 saturated carbocycles. The first-order valence-corrected chi connectivity index (χ1v) is 8.19. The highest BCUT2D eigenvalue weighted by Gasteiger charge is 2.33. The van der Waals surface area contributed by atoms with E-state index in [1.54, 1.807) is 12.1 Å². The third-order valence-corrected chi connectivity index (χ3v) is 5.11. The van der Waals surface area contributed by atoms with Crippen molar-refractivity contribution in [2.75, 3.05) is 13.1 Å². The third kappa shape index (κ3) is 4.23. The minimum Gasteiger partial charge on any atom is -0.508 e. The Morgan fingerprint density at radius 2 is 1.67 bits per heavy atom. The smallest absolute Gasteiger partial charge is 0.115 e. The summed E-state index contributed by atoms with van der Waals surface area (Å²) >= 11 is 0. The van der Waals surface area contributed by atoms with Gasteiger partial charge < -0.3 is 10.4 Å². The summed E-state index contributed by atoms with van der Waals surface area (Å²) < 4.78 is 0. The number of aromatic hydroxyl groups is 1. The number of nitrogens with one attached hydrogen (secondary N) is 1. The highest BCUT2D eigenvalue weighted by Crippen LogP contribution is 2.38. The van der Waals surface area contributed by atoms with Crippen molar-refractivity contribution < 1.29 is 5.11 Å². The highest BCUT2D eigenvalue weighted by molar-refractivity contribution is 5.30. The van der Waals surface area contributed by atoms with Crippen molar-refractivity contribution in [1.29, 1.82) is 0 Å². The maximum absolute atomic E-state index is 9.46. The van der Waals surface area contributed by atoms with Crippen LogP contribution in [0.25, 0.3) is 0 Å². The van der Waals surface area contributed by atoms with E-state index in [-0.39, 0.29) is 5.41 Å². The van der Waals surface area contributed by atoms with E-state index < -0.39 is 0 Å². The number of rotatable bonds is 3. The Kier molecular flexibility index (Phi) is 4.67. The number of phenolic OH excluding ortho intramolecular Hbond substituents is 1. The molecular formula is C19H31NO. The fourth-order valence-electron chi connectivity index (χ4n) is 3.60. The van der Waals surface area contributed by atoms with Gasteiger partial charge in [-0.05, 0) is 66.3 Å². The van der Waals surface area contributed by atoms with Gasteiger partial charge in [-0.25, -0.2) is 0 Å². The Morgan fingerprint density at radius 1 is 1.05 bits per heavy atom. The number of phenols is 1. The molecule has 1 fully saturated rings. The number of benzene rings is 1. The number of hydrogen-bond donors (Lipinski definition) is 2. The van der Waals surface area contributed by atoms with E-state index in [1.807, 2.05) is 0 Å². The fraction of sp³-hybridized carbons (Fsp3) is 0.684. The minimum atomic E-state index is 0.153. The van der Waals surface area contributed by atoms with Gasteiger partial charge in [0.25, 0.3) is 0 Å². The summed E-state index contributed by atoms with van der Waals surface area (Å²) in [6.07, 6.45) is 2.51. The molecule has 2 nitrogen and oxygen atoms in total. The van der Waals surface area contributed by atoms with Crippen molar-refractivity contribution in [3.63, 3.8) is 0 Å². The second-order valence-electron chi connectivity index (χ2n) is 8.46. The Morgan fingerprint density at radius 3 is 2.24 bits per heavy atom. The van der Waals surface area contributed by atoms with E-state index in [2.05, 4.69) is 52.1 Å². The normalized spacial score (nSPS) is 24.0. The lowest BCUT2D eigenvalue weighted by Crippen LogP contribution is -2.43. The molecule has 1 aromatic carbocycles. The summed E-state index contributed by atoms with van der Waals surface area (Å²) in [5, 5.41) is 13.1. The average molecular weight is 289 g/mol. The fourth-order valence-corrected chi connectivity index (χ4v) is 3.60. The largest absolute Gasteiger partial charge is 0.508 e. The molecule has 1 heterocycles. The van der Waals surface area contributed by atoms with Crippen LogP contribution in [0.4, 0.5) is 0 Å². The van der Waals surface area contributed by atoms with E-state index in [1.165, 1.54) is 18.4 Å². The Balaban J connectivity index is 2.04. The van der Waals surface area contributed by atoms with E-state index in [4.69, 9.17) is 0 Å². The minimum absolute atomic E-state index is 0.153. The van der Waals surface area contributed by atoms with Crippen LogP contribution in [-0.4, -0.2) is 18.2 Å². The molecule has 2 N–H and O–H groups in total. The van der Waals surface area contributed by atoms with E-state index in [9.17, 15) is 5.11 Å². The second-order valence-corrected chi connectivity index (χ2v) is 8.46. The number of hydrogen-bond acceptors (Lipinski definition) is 2. The lowest BCUT2D eigenvalue weighted by molar-refractivity contribution is 0.141. The zero-order valence-electron chi connectivity index (χ0n) is 14.2. The van der Waals surface area contributed by atoms with Gasteiger partial charge in [-0.3, -0.25) is 0 Å². The molecule has 0 aliphatic carbocycles. The van der Waals surface area contributed by atoms with Gasteiger partial charge in [0.1, 0.15) is 5.75 Å². The van der Waals surface area contributed by atoms with Crippen molar-refractivity contribution >= 4 is 0 Å². The lowest BCUT2D eigenvalue weighted by Gasteiger charge is -2.40. The van der Waals surface area contributed by atoms with Crippen molar-refractivity contribution in [1.82, 2.24) is 5.32 Å². The van der Waals surface area contributed by atoms with Crippen LogP contribution in [-0.2, 0) is 5.41 Å². The summed E-state index contributed by atoms with van der Waals surface area (Å²) in [6.45, 7) is 14.0. The summed E-state index contributed by atoms with van der Waals surface area (Å²) in [5.41, 5.74) is 1.85. The maximum atomic E-state index is 9.46. The predicted octanol–water partition coefficient (Wildman–Crippen LogP) is 4.33. The second kappa shape index (κ2) is 6.00. The molecule has 0 amide bonds. The van der Waals surface area contributed by atoms with Gasteiger partial charge in [0.2, 0.25) is 0 Å². The Hall–Kier alpha value is -1.02. The molecule has 118 valence electrons. The average Bonchev–Trinajstić information content (AvgIpc) is 2.38. The van der Waals surface area contributed by atoms with E-state index >= 15 is 0 Å². The van der Waals surface area contributed by atoms with Gasteiger partial charge in [0, 0.05) is 0 Å². The molecule has 0 radical (unpaired) electrons. The van der Waals surface area contributed by atoms with Gasteiger partial charge in [-0.2, -0.15) is 0 Å². The van der Waals surface area contributed by atoms with Gasteiger partial charge >= 0.3 is 0 Å². The molecule has 0 spiro atoms. The van der Waals surface area contributed by atoms with Crippen LogP contribution in [0.3, 0.4) is 0 Å². The molecule has 2 atom stereocenters. The van der Waals surface area contributed by atoms with E-state index in [0.717, 1.165) is 24.9 Å². The van der Waals surface area contributed by atoms with Crippen LogP contribution in [0.15, 0.2) is 24.3 Å². The van der Waals surface area contributed by atoms with Crippen molar-refractivity contribution in [2.45, 2.75) is 52.9 Å². The Bertz CT molecular complexity index is 455. The third-order valence-electron chi connectivity index (χ3n) is 5.11. The van der Waals surface area contributed by atoms with E-state index in [0.29, 0.717) is 11.2 Å². The monoisotopic (exact) mass is 289 g/mol. The predicted molar refractivity (Wildman–Crippen MR) is 89.7 cm³/mol. The quantitative estimate of drug-likeness (QED) is 0.868. The van der Waals surface area contributed by atoms with Crippen molar-refractivity contribution in [3.05, 3.63) is 29.8 Å². The molecule has 1 aliphatic rings. The zero-order valence-corrected chi connectivity index (χ0v) is 14.2. The molecule has 2 heteroatoms. The first kappa shape index (κ1) is 16.4. The van der Waals surface area contributed by atoms with Gasteiger partial charge in [-0.15, -0.1) is 0 Å². The number of piperidine rings is 1. The molecular weight excluding hydrogens is 258 g/mol. The van der Waals surface area contributed by atoms with Gasteiger partial charge in [0.15, 0.2) is 0 Å². The lowest BCUT2D eigenvalue weighted by atomic mass is 9.69. The summed E-state index contributed by atoms with van der Waals surface area (Å²) in [4.78, 5) is 0. The van der Waals surface area contributed by atoms with Crippen LogP contribution in [0.2, 0.25) is 0 Å². The van der Waals surface area contributed by atoms with Crippen molar-refractivity contribution in [2.24, 2.45) is 17.3 Å². The standard InChI is InChI=1S/C19H31NO/c1-18(2,3)16-10-14(12-20-13-16)11-19(4,5)15-6-8-17(21)9-7-15/h6-9,14,16,20-21H,10-13H2,1-5H3.